The van der Waals surface area contributed by atoms with Gasteiger partial charge in [-0.1, -0.05) is 36.4 Å². The van der Waals surface area contributed by atoms with E-state index >= 15 is 4.39 Å². The number of carbonyl (C=O) groups excluding carboxylic acids is 2. The first kappa shape index (κ1) is 35.0. The fourth-order valence-electron chi connectivity index (χ4n) is 3.98. The maximum atomic E-state index is 15.6. The third kappa shape index (κ3) is 6.80. The van der Waals surface area contributed by atoms with Crippen LogP contribution in [0.25, 0.3) is 4.85 Å². The Bertz CT molecular complexity index is 1660. The molecule has 3 aromatic rings. The zero-order valence-corrected chi connectivity index (χ0v) is 23.5. The SMILES string of the molecule is [C-]#[N+]c1ccc(C(=O)N(CC=C)c2cccc(C(=O)Nc3c(Br)cc(C(F)(C(F)(F)F)C(F)(F)F)cc3C(F)(F)F)c2F)cc1. The van der Waals surface area contributed by atoms with E-state index in [1.54, 1.807) is 5.32 Å². The molecule has 3 rings (SSSR count). The number of halogens is 12. The molecule has 0 atom stereocenters. The van der Waals surface area contributed by atoms with Crippen LogP contribution in [0.15, 0.2) is 71.7 Å². The maximum absolute atomic E-state index is 15.6. The number of nitrogens with one attached hydrogen (secondary N) is 1. The molecule has 0 aliphatic heterocycles. The Morgan fingerprint density at radius 1 is 0.933 bits per heavy atom. The van der Waals surface area contributed by atoms with Gasteiger partial charge in [0.1, 0.15) is 0 Å². The smallest absolute Gasteiger partial charge is 0.320 e. The van der Waals surface area contributed by atoms with Crippen molar-refractivity contribution in [2.45, 2.75) is 24.2 Å². The van der Waals surface area contributed by atoms with Crippen LogP contribution in [-0.4, -0.2) is 30.7 Å². The summed E-state index contributed by atoms with van der Waals surface area (Å²) >= 11 is 2.36. The van der Waals surface area contributed by atoms with Crippen molar-refractivity contribution in [3.05, 3.63) is 111 Å². The van der Waals surface area contributed by atoms with Crippen molar-refractivity contribution >= 4 is 44.8 Å². The monoisotopic (exact) mass is 713 g/mol. The van der Waals surface area contributed by atoms with Gasteiger partial charge in [-0.2, -0.15) is 39.5 Å². The number of nitrogens with zero attached hydrogens (tertiary/aromatic N) is 2. The van der Waals surface area contributed by atoms with Crippen molar-refractivity contribution in [2.24, 2.45) is 0 Å². The van der Waals surface area contributed by atoms with Crippen molar-refractivity contribution < 1.29 is 57.9 Å². The van der Waals surface area contributed by atoms with Gasteiger partial charge >= 0.3 is 24.2 Å². The second-order valence-electron chi connectivity index (χ2n) is 8.99. The van der Waals surface area contributed by atoms with Crippen LogP contribution in [0, 0.1) is 12.4 Å². The molecular formula is C28H15BrF11N3O2. The maximum Gasteiger partial charge on any atom is 0.435 e. The van der Waals surface area contributed by atoms with Crippen LogP contribution >= 0.6 is 15.9 Å². The zero-order chi connectivity index (χ0) is 34.1. The van der Waals surface area contributed by atoms with Crippen molar-refractivity contribution in [3.8, 4) is 0 Å². The van der Waals surface area contributed by atoms with Crippen molar-refractivity contribution in [3.63, 3.8) is 0 Å². The summed E-state index contributed by atoms with van der Waals surface area (Å²) in [7, 11) is 0. The molecule has 17 heteroatoms. The Balaban J connectivity index is 2.11. The Morgan fingerprint density at radius 3 is 2.00 bits per heavy atom. The highest BCUT2D eigenvalue weighted by Gasteiger charge is 2.73. The highest BCUT2D eigenvalue weighted by atomic mass is 79.9. The minimum Gasteiger partial charge on any atom is -0.320 e. The molecule has 0 spiro atoms. The number of hydrogen-bond donors (Lipinski definition) is 1. The molecule has 0 fully saturated rings. The number of benzene rings is 3. The second-order valence-corrected chi connectivity index (χ2v) is 9.84. The molecular weight excluding hydrogens is 699 g/mol. The number of carbonyl (C=O) groups is 2. The van der Waals surface area contributed by atoms with E-state index in [-0.39, 0.29) is 23.9 Å². The lowest BCUT2D eigenvalue weighted by Crippen LogP contribution is -2.50. The van der Waals surface area contributed by atoms with Crippen LogP contribution in [-0.2, 0) is 11.8 Å². The zero-order valence-electron chi connectivity index (χ0n) is 21.9. The van der Waals surface area contributed by atoms with Gasteiger partial charge in [-0.25, -0.2) is 13.6 Å². The van der Waals surface area contributed by atoms with Gasteiger partial charge in [0, 0.05) is 22.1 Å². The minimum atomic E-state index is -6.74. The molecule has 0 aromatic heterocycles. The predicted octanol–water partition coefficient (Wildman–Crippen LogP) is 9.53. The van der Waals surface area contributed by atoms with Gasteiger partial charge in [-0.05, 0) is 40.2 Å². The summed E-state index contributed by atoms with van der Waals surface area (Å²) < 4.78 is 150. The van der Waals surface area contributed by atoms with Crippen molar-refractivity contribution in [1.82, 2.24) is 0 Å². The normalized spacial score (nSPS) is 12.3. The van der Waals surface area contributed by atoms with E-state index < -0.39 is 80.4 Å². The Hall–Kier alpha value is -4.46. The number of anilines is 2. The molecule has 5 nitrogen and oxygen atoms in total. The van der Waals surface area contributed by atoms with Gasteiger partial charge in [0.2, 0.25) is 0 Å². The fourth-order valence-corrected chi connectivity index (χ4v) is 4.54. The third-order valence-corrected chi connectivity index (χ3v) is 6.75. The lowest BCUT2D eigenvalue weighted by Gasteiger charge is -2.31. The molecule has 238 valence electrons. The molecule has 0 saturated carbocycles. The lowest BCUT2D eigenvalue weighted by molar-refractivity contribution is -0.348. The quantitative estimate of drug-likeness (QED) is 0.151. The van der Waals surface area contributed by atoms with E-state index in [1.807, 2.05) is 0 Å². The fraction of sp³-hybridized carbons (Fsp3) is 0.179. The van der Waals surface area contributed by atoms with Gasteiger partial charge in [0.25, 0.3) is 11.8 Å². The molecule has 0 heterocycles. The number of alkyl halides is 10. The predicted molar refractivity (Wildman–Crippen MR) is 143 cm³/mol. The van der Waals surface area contributed by atoms with Gasteiger partial charge in [0.15, 0.2) is 11.5 Å². The molecule has 3 aromatic carbocycles. The topological polar surface area (TPSA) is 53.8 Å². The van der Waals surface area contributed by atoms with E-state index in [0.29, 0.717) is 0 Å². The minimum absolute atomic E-state index is 0.0287. The summed E-state index contributed by atoms with van der Waals surface area (Å²) in [6, 6.07) is 6.92. The van der Waals surface area contributed by atoms with Crippen molar-refractivity contribution in [2.75, 3.05) is 16.8 Å². The lowest BCUT2D eigenvalue weighted by atomic mass is 9.92. The van der Waals surface area contributed by atoms with E-state index in [4.69, 9.17) is 6.57 Å². The number of amides is 2. The largest absolute Gasteiger partial charge is 0.435 e. The first-order valence-corrected chi connectivity index (χ1v) is 12.7. The Morgan fingerprint density at radius 2 is 1.51 bits per heavy atom. The van der Waals surface area contributed by atoms with E-state index in [9.17, 15) is 53.5 Å². The van der Waals surface area contributed by atoms with Crippen LogP contribution in [0.5, 0.6) is 0 Å². The van der Waals surface area contributed by atoms with Crippen LogP contribution in [0.2, 0.25) is 0 Å². The standard InChI is InChI=1S/C28H15BrF11N3O2/c1-3-11-43(24(45)14-7-9-16(41-2)10-8-14)20-6-4-5-17(21(20)30)23(44)42-22-18(26(32,33)34)12-15(13-19(22)29)25(31,27(35,36)37)28(38,39)40/h3-10,12-13H,1,11H2,(H,42,44). The molecule has 0 saturated heterocycles. The second kappa shape index (κ2) is 12.5. The average Bonchev–Trinajstić information content (AvgIpc) is 2.94. The number of rotatable bonds is 7. The molecule has 45 heavy (non-hydrogen) atoms. The molecule has 0 bridgehead atoms. The number of hydrogen-bond acceptors (Lipinski definition) is 2. The molecule has 0 unspecified atom stereocenters. The summed E-state index contributed by atoms with van der Waals surface area (Å²) in [5.41, 5.74) is -13.9. The first-order valence-electron chi connectivity index (χ1n) is 11.9. The van der Waals surface area contributed by atoms with Gasteiger partial charge < -0.3 is 10.2 Å². The van der Waals surface area contributed by atoms with Crippen LogP contribution < -0.4 is 10.2 Å². The Labute approximate surface area is 254 Å². The van der Waals surface area contributed by atoms with Crippen LogP contribution in [0.3, 0.4) is 0 Å². The van der Waals surface area contributed by atoms with Gasteiger partial charge in [-0.15, -0.1) is 6.58 Å². The van der Waals surface area contributed by atoms with E-state index in [1.165, 1.54) is 30.3 Å². The third-order valence-electron chi connectivity index (χ3n) is 6.13. The van der Waals surface area contributed by atoms with Crippen molar-refractivity contribution in [1.29, 1.82) is 0 Å². The highest BCUT2D eigenvalue weighted by molar-refractivity contribution is 9.10. The summed E-state index contributed by atoms with van der Waals surface area (Å²) in [6.07, 6.45) is -18.1. The molecule has 1 N–H and O–H groups in total. The van der Waals surface area contributed by atoms with E-state index in [0.717, 1.165) is 23.1 Å². The first-order chi connectivity index (χ1) is 20.7. The summed E-state index contributed by atoms with van der Waals surface area (Å²) in [4.78, 5) is 30.1. The molecule has 0 aliphatic rings. The molecule has 2 amide bonds. The Kier molecular flexibility index (Phi) is 9.73. The summed E-state index contributed by atoms with van der Waals surface area (Å²) in [6.45, 7) is 10.1. The van der Waals surface area contributed by atoms with E-state index in [2.05, 4.69) is 27.4 Å². The highest BCUT2D eigenvalue weighted by Crippen LogP contribution is 2.55. The molecule has 0 aliphatic carbocycles. The van der Waals surface area contributed by atoms with Crippen LogP contribution in [0.1, 0.15) is 31.8 Å². The summed E-state index contributed by atoms with van der Waals surface area (Å²) in [5.74, 6) is -3.97. The van der Waals surface area contributed by atoms with Crippen LogP contribution in [0.4, 0.5) is 65.4 Å². The van der Waals surface area contributed by atoms with Gasteiger partial charge in [-0.3, -0.25) is 9.59 Å². The summed E-state index contributed by atoms with van der Waals surface area (Å²) in [5, 5.41) is 1.59. The van der Waals surface area contributed by atoms with Gasteiger partial charge in [0.05, 0.1) is 29.1 Å². The average molecular weight is 714 g/mol. The molecule has 0 radical (unpaired) electrons.